The quantitative estimate of drug-likeness (QED) is 0.486. The zero-order chi connectivity index (χ0) is 17.1. The van der Waals surface area contributed by atoms with E-state index in [4.69, 9.17) is 0 Å². The molecule has 0 radical (unpaired) electrons. The summed E-state index contributed by atoms with van der Waals surface area (Å²) in [6.07, 6.45) is 1.63. The molecular formula is C16H25F2N2OP. The molecule has 1 aromatic rings. The first-order chi connectivity index (χ1) is 10.1. The standard InChI is InChI=1S/C16H25F2N2OP/c1-6-15(21,16(17,18)22)13-8-12(4)14(9-11(13)3)19-10-20(5)7-2/h8-10,21H,6-7,22H2,1-5H3/b19-10+. The van der Waals surface area contributed by atoms with Gasteiger partial charge in [-0.2, -0.15) is 8.78 Å². The molecule has 0 fully saturated rings. The topological polar surface area (TPSA) is 35.8 Å². The van der Waals surface area contributed by atoms with Crippen LogP contribution in [0.1, 0.15) is 37.0 Å². The van der Waals surface area contributed by atoms with Gasteiger partial charge in [-0.05, 0) is 49.9 Å². The second kappa shape index (κ2) is 7.01. The number of hydrogen-bond donors (Lipinski definition) is 1. The van der Waals surface area contributed by atoms with Gasteiger partial charge in [-0.1, -0.05) is 22.2 Å². The summed E-state index contributed by atoms with van der Waals surface area (Å²) in [5.41, 5.74) is -3.19. The van der Waals surface area contributed by atoms with Gasteiger partial charge in [0.1, 0.15) is 0 Å². The van der Waals surface area contributed by atoms with Crippen LogP contribution in [-0.2, 0) is 5.60 Å². The second-order valence-corrected chi connectivity index (χ2v) is 6.33. The molecule has 0 aromatic heterocycles. The summed E-state index contributed by atoms with van der Waals surface area (Å²) >= 11 is 0. The average Bonchev–Trinajstić information content (AvgIpc) is 2.45. The Morgan fingerprint density at radius 1 is 1.27 bits per heavy atom. The van der Waals surface area contributed by atoms with Crippen LogP contribution in [0.3, 0.4) is 0 Å². The Labute approximate surface area is 133 Å². The second-order valence-electron chi connectivity index (χ2n) is 5.61. The first-order valence-electron chi connectivity index (χ1n) is 7.32. The third-order valence-corrected chi connectivity index (χ3v) is 4.42. The van der Waals surface area contributed by atoms with Crippen LogP contribution in [0.4, 0.5) is 14.5 Å². The predicted octanol–water partition coefficient (Wildman–Crippen LogP) is 3.98. The van der Waals surface area contributed by atoms with E-state index in [9.17, 15) is 13.9 Å². The predicted molar refractivity (Wildman–Crippen MR) is 91.2 cm³/mol. The molecule has 0 amide bonds. The molecule has 1 rings (SSSR count). The Kier molecular flexibility index (Phi) is 6.05. The summed E-state index contributed by atoms with van der Waals surface area (Å²) in [6, 6.07) is 3.34. The Balaban J connectivity index is 3.33. The van der Waals surface area contributed by atoms with Crippen molar-refractivity contribution in [2.75, 3.05) is 13.6 Å². The summed E-state index contributed by atoms with van der Waals surface area (Å²) in [4.78, 5) is 6.29. The van der Waals surface area contributed by atoms with Crippen molar-refractivity contribution in [2.24, 2.45) is 4.99 Å². The van der Waals surface area contributed by atoms with Crippen molar-refractivity contribution < 1.29 is 13.9 Å². The van der Waals surface area contributed by atoms with Crippen molar-refractivity contribution >= 4 is 21.3 Å². The van der Waals surface area contributed by atoms with Gasteiger partial charge in [0.15, 0.2) is 5.60 Å². The van der Waals surface area contributed by atoms with Gasteiger partial charge in [0.05, 0.1) is 12.0 Å². The summed E-state index contributed by atoms with van der Waals surface area (Å²) in [5, 5.41) is 10.5. The normalized spacial score (nSPS) is 15.1. The number of nitrogens with zero attached hydrogens (tertiary/aromatic N) is 2. The van der Waals surface area contributed by atoms with E-state index in [0.717, 1.165) is 12.1 Å². The lowest BCUT2D eigenvalue weighted by Gasteiger charge is -2.34. The molecule has 6 heteroatoms. The van der Waals surface area contributed by atoms with Gasteiger partial charge in [0, 0.05) is 13.6 Å². The molecule has 0 aliphatic rings. The van der Waals surface area contributed by atoms with E-state index in [1.807, 2.05) is 18.9 Å². The number of aryl methyl sites for hydroxylation is 2. The molecule has 1 aromatic carbocycles. The van der Waals surface area contributed by atoms with Crippen LogP contribution in [0.2, 0.25) is 0 Å². The van der Waals surface area contributed by atoms with Gasteiger partial charge >= 0.3 is 0 Å². The highest BCUT2D eigenvalue weighted by atomic mass is 31.0. The maximum atomic E-state index is 13.8. The summed E-state index contributed by atoms with van der Waals surface area (Å²) in [6.45, 7) is 7.91. The van der Waals surface area contributed by atoms with Crippen molar-refractivity contribution in [2.45, 2.75) is 45.4 Å². The van der Waals surface area contributed by atoms with Crippen LogP contribution in [0.5, 0.6) is 0 Å². The minimum atomic E-state index is -3.30. The molecule has 2 unspecified atom stereocenters. The van der Waals surface area contributed by atoms with Gasteiger partial charge in [0.2, 0.25) is 0 Å². The maximum Gasteiger partial charge on any atom is 0.290 e. The fourth-order valence-corrected chi connectivity index (χ4v) is 2.59. The van der Waals surface area contributed by atoms with Gasteiger partial charge < -0.3 is 10.0 Å². The van der Waals surface area contributed by atoms with Gasteiger partial charge in [-0.25, -0.2) is 4.99 Å². The molecule has 0 aliphatic heterocycles. The fraction of sp³-hybridized carbons (Fsp3) is 0.562. The van der Waals surface area contributed by atoms with Crippen LogP contribution < -0.4 is 0 Å². The Bertz CT molecular complexity index is 558. The zero-order valence-electron chi connectivity index (χ0n) is 13.8. The monoisotopic (exact) mass is 330 g/mol. The van der Waals surface area contributed by atoms with E-state index < -0.39 is 11.3 Å². The number of rotatable bonds is 6. The molecule has 0 aliphatic carbocycles. The maximum absolute atomic E-state index is 13.8. The minimum Gasteiger partial charge on any atom is -0.378 e. The third-order valence-electron chi connectivity index (χ3n) is 3.94. The number of alkyl halides is 2. The number of halogens is 2. The number of aliphatic hydroxyl groups is 1. The lowest BCUT2D eigenvalue weighted by atomic mass is 9.86. The molecule has 124 valence electrons. The Morgan fingerprint density at radius 2 is 1.86 bits per heavy atom. The molecule has 2 atom stereocenters. The van der Waals surface area contributed by atoms with E-state index in [1.54, 1.807) is 39.2 Å². The van der Waals surface area contributed by atoms with Crippen molar-refractivity contribution in [1.29, 1.82) is 0 Å². The molecule has 0 bridgehead atoms. The highest BCUT2D eigenvalue weighted by molar-refractivity contribution is 7.18. The van der Waals surface area contributed by atoms with Crippen LogP contribution in [-0.4, -0.2) is 35.6 Å². The first kappa shape index (κ1) is 19.0. The Morgan fingerprint density at radius 3 is 2.32 bits per heavy atom. The summed E-state index contributed by atoms with van der Waals surface area (Å²) in [5.74, 6) is 0. The largest absolute Gasteiger partial charge is 0.378 e. The average molecular weight is 330 g/mol. The fourth-order valence-electron chi connectivity index (χ4n) is 2.23. The van der Waals surface area contributed by atoms with Crippen LogP contribution in [0, 0.1) is 13.8 Å². The van der Waals surface area contributed by atoms with E-state index in [1.165, 1.54) is 9.24 Å². The van der Waals surface area contributed by atoms with Crippen molar-refractivity contribution in [3.8, 4) is 0 Å². The number of hydrogen-bond acceptors (Lipinski definition) is 2. The lowest BCUT2D eigenvalue weighted by Crippen LogP contribution is -2.41. The van der Waals surface area contributed by atoms with E-state index in [2.05, 4.69) is 4.99 Å². The molecule has 3 nitrogen and oxygen atoms in total. The van der Waals surface area contributed by atoms with E-state index in [0.29, 0.717) is 11.3 Å². The van der Waals surface area contributed by atoms with Gasteiger partial charge in [0.25, 0.3) is 5.66 Å². The molecule has 0 heterocycles. The molecule has 0 saturated carbocycles. The summed E-state index contributed by atoms with van der Waals surface area (Å²) in [7, 11) is 3.36. The number of aliphatic imine (C=N–C) groups is 1. The van der Waals surface area contributed by atoms with Crippen LogP contribution >= 0.6 is 9.24 Å². The zero-order valence-corrected chi connectivity index (χ0v) is 15.0. The summed E-state index contributed by atoms with van der Waals surface area (Å²) < 4.78 is 27.7. The number of benzene rings is 1. The highest BCUT2D eigenvalue weighted by Gasteiger charge is 2.49. The molecule has 1 N–H and O–H groups in total. The first-order valence-corrected chi connectivity index (χ1v) is 7.89. The van der Waals surface area contributed by atoms with Crippen LogP contribution in [0.25, 0.3) is 0 Å². The minimum absolute atomic E-state index is 0.0784. The molecule has 22 heavy (non-hydrogen) atoms. The smallest absolute Gasteiger partial charge is 0.290 e. The van der Waals surface area contributed by atoms with Crippen LogP contribution in [0.15, 0.2) is 17.1 Å². The van der Waals surface area contributed by atoms with E-state index >= 15 is 0 Å². The van der Waals surface area contributed by atoms with Crippen molar-refractivity contribution in [1.82, 2.24) is 4.90 Å². The van der Waals surface area contributed by atoms with Gasteiger partial charge in [-0.3, -0.25) is 0 Å². The highest BCUT2D eigenvalue weighted by Crippen LogP contribution is 2.46. The Hall–Kier alpha value is -1.06. The van der Waals surface area contributed by atoms with Gasteiger partial charge in [-0.15, -0.1) is 0 Å². The lowest BCUT2D eigenvalue weighted by molar-refractivity contribution is -0.130. The molecule has 0 saturated heterocycles. The third kappa shape index (κ3) is 3.82. The SMILES string of the molecule is CCN(C)/C=N/c1cc(C)c(C(O)(CC)C(F)(F)P)cc1C. The van der Waals surface area contributed by atoms with Crippen molar-refractivity contribution in [3.05, 3.63) is 28.8 Å². The molecule has 0 spiro atoms. The van der Waals surface area contributed by atoms with E-state index in [-0.39, 0.29) is 12.0 Å². The molecular weight excluding hydrogens is 305 g/mol. The van der Waals surface area contributed by atoms with Crippen molar-refractivity contribution in [3.63, 3.8) is 0 Å².